The first kappa shape index (κ1) is 19.5. The summed E-state index contributed by atoms with van der Waals surface area (Å²) in [6, 6.07) is 16.4. The minimum absolute atomic E-state index is 0.103. The van der Waals surface area contributed by atoms with E-state index in [0.717, 1.165) is 11.3 Å². The maximum absolute atomic E-state index is 12.1. The third-order valence-electron chi connectivity index (χ3n) is 3.69. The zero-order valence-corrected chi connectivity index (χ0v) is 15.5. The first-order valence-corrected chi connectivity index (χ1v) is 8.82. The van der Waals surface area contributed by atoms with Gasteiger partial charge in [0.1, 0.15) is 5.75 Å². The van der Waals surface area contributed by atoms with E-state index in [1.807, 2.05) is 63.2 Å². The molecular formula is C21H26N2O3. The molecular weight excluding hydrogens is 328 g/mol. The molecule has 0 aliphatic heterocycles. The number of rotatable bonds is 8. The molecule has 138 valence electrons. The standard InChI is InChI=1S/C21H26N2O3/c1-15(2)26-19-11-9-17(10-12-19)14-22-20(24)13-16(3)23-21(25)18-7-5-4-6-8-18/h4-12,15-16H,13-14H2,1-3H3,(H,22,24)(H,23,25). The Morgan fingerprint density at radius 2 is 1.62 bits per heavy atom. The number of carbonyl (C=O) groups excluding carboxylic acids is 2. The van der Waals surface area contributed by atoms with Crippen molar-refractivity contribution in [1.82, 2.24) is 10.6 Å². The van der Waals surface area contributed by atoms with E-state index in [2.05, 4.69) is 10.6 Å². The topological polar surface area (TPSA) is 67.4 Å². The SMILES string of the molecule is CC(CC(=O)NCc1ccc(OC(C)C)cc1)NC(=O)c1ccccc1. The van der Waals surface area contributed by atoms with Gasteiger partial charge in [-0.25, -0.2) is 0 Å². The number of hydrogen-bond acceptors (Lipinski definition) is 3. The van der Waals surface area contributed by atoms with Crippen molar-refractivity contribution in [1.29, 1.82) is 0 Å². The molecule has 0 spiro atoms. The molecule has 0 bridgehead atoms. The summed E-state index contributed by atoms with van der Waals surface area (Å²) in [6.45, 7) is 6.22. The molecule has 0 aromatic heterocycles. The highest BCUT2D eigenvalue weighted by atomic mass is 16.5. The Balaban J connectivity index is 1.75. The van der Waals surface area contributed by atoms with Crippen molar-refractivity contribution >= 4 is 11.8 Å². The summed E-state index contributed by atoms with van der Waals surface area (Å²) in [5, 5.41) is 5.71. The van der Waals surface area contributed by atoms with Crippen LogP contribution in [0.5, 0.6) is 5.75 Å². The fourth-order valence-corrected chi connectivity index (χ4v) is 2.46. The summed E-state index contributed by atoms with van der Waals surface area (Å²) >= 11 is 0. The van der Waals surface area contributed by atoms with Crippen molar-refractivity contribution in [3.63, 3.8) is 0 Å². The van der Waals surface area contributed by atoms with Gasteiger partial charge >= 0.3 is 0 Å². The second kappa shape index (κ2) is 9.61. The summed E-state index contributed by atoms with van der Waals surface area (Å²) in [4.78, 5) is 24.1. The molecule has 2 aromatic carbocycles. The number of nitrogens with one attached hydrogen (secondary N) is 2. The summed E-state index contributed by atoms with van der Waals surface area (Å²) in [5.74, 6) is 0.535. The van der Waals surface area contributed by atoms with Crippen LogP contribution in [0.3, 0.4) is 0 Å². The predicted octanol–water partition coefficient (Wildman–Crippen LogP) is 3.30. The van der Waals surface area contributed by atoms with Crippen LogP contribution in [0.15, 0.2) is 54.6 Å². The molecule has 2 amide bonds. The van der Waals surface area contributed by atoms with Gasteiger partial charge in [-0.1, -0.05) is 30.3 Å². The Hall–Kier alpha value is -2.82. The average molecular weight is 354 g/mol. The molecule has 1 unspecified atom stereocenters. The van der Waals surface area contributed by atoms with Crippen molar-refractivity contribution in [2.45, 2.75) is 45.9 Å². The molecule has 0 heterocycles. The Bertz CT molecular complexity index is 712. The van der Waals surface area contributed by atoms with Gasteiger partial charge in [0.15, 0.2) is 0 Å². The number of benzene rings is 2. The quantitative estimate of drug-likeness (QED) is 0.764. The van der Waals surface area contributed by atoms with Crippen molar-refractivity contribution in [3.8, 4) is 5.75 Å². The van der Waals surface area contributed by atoms with Crippen LogP contribution in [0.25, 0.3) is 0 Å². The van der Waals surface area contributed by atoms with Crippen LogP contribution >= 0.6 is 0 Å². The molecule has 0 aliphatic rings. The minimum atomic E-state index is -0.246. The monoisotopic (exact) mass is 354 g/mol. The molecule has 2 rings (SSSR count). The molecule has 0 saturated heterocycles. The fourth-order valence-electron chi connectivity index (χ4n) is 2.46. The third kappa shape index (κ3) is 6.59. The van der Waals surface area contributed by atoms with E-state index in [-0.39, 0.29) is 30.4 Å². The third-order valence-corrected chi connectivity index (χ3v) is 3.69. The first-order chi connectivity index (χ1) is 12.4. The van der Waals surface area contributed by atoms with E-state index < -0.39 is 0 Å². The van der Waals surface area contributed by atoms with Crippen molar-refractivity contribution in [3.05, 3.63) is 65.7 Å². The van der Waals surface area contributed by atoms with Gasteiger partial charge in [0, 0.05) is 24.6 Å². The van der Waals surface area contributed by atoms with Crippen molar-refractivity contribution in [2.24, 2.45) is 0 Å². The average Bonchev–Trinajstić information content (AvgIpc) is 2.61. The lowest BCUT2D eigenvalue weighted by atomic mass is 10.1. The Morgan fingerprint density at radius 3 is 2.23 bits per heavy atom. The van der Waals surface area contributed by atoms with E-state index in [1.165, 1.54) is 0 Å². The first-order valence-electron chi connectivity index (χ1n) is 8.82. The van der Waals surface area contributed by atoms with Gasteiger partial charge < -0.3 is 15.4 Å². The van der Waals surface area contributed by atoms with Gasteiger partial charge in [-0.2, -0.15) is 0 Å². The lowest BCUT2D eigenvalue weighted by Gasteiger charge is -2.14. The lowest BCUT2D eigenvalue weighted by Crippen LogP contribution is -2.37. The maximum Gasteiger partial charge on any atom is 0.251 e. The Labute approximate surface area is 154 Å². The number of carbonyl (C=O) groups is 2. The van der Waals surface area contributed by atoms with E-state index >= 15 is 0 Å². The van der Waals surface area contributed by atoms with Crippen LogP contribution in [-0.4, -0.2) is 24.0 Å². The predicted molar refractivity (Wildman–Crippen MR) is 102 cm³/mol. The molecule has 2 N–H and O–H groups in total. The summed E-state index contributed by atoms with van der Waals surface area (Å²) in [5.41, 5.74) is 1.58. The normalized spacial score (nSPS) is 11.7. The van der Waals surface area contributed by atoms with Crippen LogP contribution in [0, 0.1) is 0 Å². The minimum Gasteiger partial charge on any atom is -0.491 e. The van der Waals surface area contributed by atoms with Crippen molar-refractivity contribution < 1.29 is 14.3 Å². The van der Waals surface area contributed by atoms with Gasteiger partial charge in [-0.3, -0.25) is 9.59 Å². The van der Waals surface area contributed by atoms with Crippen molar-refractivity contribution in [2.75, 3.05) is 0 Å². The zero-order chi connectivity index (χ0) is 18.9. The molecule has 5 heteroatoms. The maximum atomic E-state index is 12.1. The molecule has 0 fully saturated rings. The molecule has 0 radical (unpaired) electrons. The van der Waals surface area contributed by atoms with Gasteiger partial charge in [0.05, 0.1) is 6.10 Å². The van der Waals surface area contributed by atoms with Crippen LogP contribution in [-0.2, 0) is 11.3 Å². The second-order valence-corrected chi connectivity index (χ2v) is 6.53. The summed E-state index contributed by atoms with van der Waals surface area (Å²) in [7, 11) is 0. The highest BCUT2D eigenvalue weighted by Gasteiger charge is 2.13. The number of amides is 2. The molecule has 1 atom stereocenters. The van der Waals surface area contributed by atoms with E-state index in [1.54, 1.807) is 12.1 Å². The van der Waals surface area contributed by atoms with Gasteiger partial charge in [-0.05, 0) is 50.6 Å². The van der Waals surface area contributed by atoms with Gasteiger partial charge in [-0.15, -0.1) is 0 Å². The molecule has 2 aromatic rings. The smallest absolute Gasteiger partial charge is 0.251 e. The Kier molecular flexibility index (Phi) is 7.21. The lowest BCUT2D eigenvalue weighted by molar-refractivity contribution is -0.121. The summed E-state index contributed by atoms with van der Waals surface area (Å²) < 4.78 is 5.59. The molecule has 0 saturated carbocycles. The molecule has 0 aliphatic carbocycles. The van der Waals surface area contributed by atoms with Gasteiger partial charge in [0.2, 0.25) is 5.91 Å². The highest BCUT2D eigenvalue weighted by Crippen LogP contribution is 2.13. The number of ether oxygens (including phenoxy) is 1. The Morgan fingerprint density at radius 1 is 0.962 bits per heavy atom. The zero-order valence-electron chi connectivity index (χ0n) is 15.5. The molecule has 26 heavy (non-hydrogen) atoms. The largest absolute Gasteiger partial charge is 0.491 e. The molecule has 5 nitrogen and oxygen atoms in total. The van der Waals surface area contributed by atoms with E-state index in [4.69, 9.17) is 4.74 Å². The van der Waals surface area contributed by atoms with Crippen LogP contribution in [0.2, 0.25) is 0 Å². The van der Waals surface area contributed by atoms with Crippen LogP contribution in [0.4, 0.5) is 0 Å². The highest BCUT2D eigenvalue weighted by molar-refractivity contribution is 5.94. The van der Waals surface area contributed by atoms with Crippen LogP contribution < -0.4 is 15.4 Å². The number of hydrogen-bond donors (Lipinski definition) is 2. The second-order valence-electron chi connectivity index (χ2n) is 6.53. The summed E-state index contributed by atoms with van der Waals surface area (Å²) in [6.07, 6.45) is 0.362. The van der Waals surface area contributed by atoms with Crippen LogP contribution in [0.1, 0.15) is 43.1 Å². The fraction of sp³-hybridized carbons (Fsp3) is 0.333. The van der Waals surface area contributed by atoms with E-state index in [0.29, 0.717) is 12.1 Å². The van der Waals surface area contributed by atoms with Gasteiger partial charge in [0.25, 0.3) is 5.91 Å². The van der Waals surface area contributed by atoms with E-state index in [9.17, 15) is 9.59 Å².